The summed E-state index contributed by atoms with van der Waals surface area (Å²) in [5.41, 5.74) is 8.51. The van der Waals surface area contributed by atoms with Crippen LogP contribution in [0.2, 0.25) is 0 Å². The number of benzene rings is 4. The van der Waals surface area contributed by atoms with E-state index < -0.39 is 0 Å². The van der Waals surface area contributed by atoms with E-state index in [2.05, 4.69) is 86.6 Å². The maximum Gasteiger partial charge on any atom is 0.0978 e. The fourth-order valence-corrected chi connectivity index (χ4v) is 3.87. The van der Waals surface area contributed by atoms with Gasteiger partial charge in [-0.05, 0) is 54.6 Å². The molecule has 0 unspecified atom stereocenters. The summed E-state index contributed by atoms with van der Waals surface area (Å²) in [6, 6.07) is 29.4. The topological polar surface area (TPSA) is 24.7 Å². The monoisotopic (exact) mass is 360 g/mol. The van der Waals surface area contributed by atoms with Crippen LogP contribution < -0.4 is 0 Å². The molecular formula is C26H20N2. The molecule has 4 aromatic rings. The summed E-state index contributed by atoms with van der Waals surface area (Å²) in [5.74, 6) is 0. The molecule has 0 radical (unpaired) electrons. The third-order valence-corrected chi connectivity index (χ3v) is 5.12. The van der Waals surface area contributed by atoms with E-state index in [4.69, 9.17) is 9.98 Å². The van der Waals surface area contributed by atoms with E-state index in [0.29, 0.717) is 0 Å². The van der Waals surface area contributed by atoms with Crippen LogP contribution in [0.15, 0.2) is 94.9 Å². The van der Waals surface area contributed by atoms with E-state index in [1.54, 1.807) is 0 Å². The highest BCUT2D eigenvalue weighted by atomic mass is 14.8. The van der Waals surface area contributed by atoms with Crippen molar-refractivity contribution < 1.29 is 0 Å². The van der Waals surface area contributed by atoms with Crippen LogP contribution in [0.25, 0.3) is 10.8 Å². The van der Waals surface area contributed by atoms with Crippen LogP contribution in [0.5, 0.6) is 0 Å². The molecule has 2 nitrogen and oxygen atoms in total. The predicted octanol–water partition coefficient (Wildman–Crippen LogP) is 6.71. The van der Waals surface area contributed by atoms with Gasteiger partial charge in [0, 0.05) is 16.5 Å². The van der Waals surface area contributed by atoms with Crippen LogP contribution in [-0.4, -0.2) is 11.4 Å². The number of nitrogens with zero attached hydrogens (tertiary/aromatic N) is 2. The summed E-state index contributed by atoms with van der Waals surface area (Å²) in [5, 5.41) is 2.46. The lowest BCUT2D eigenvalue weighted by atomic mass is 10.1. The molecule has 0 N–H and O–H groups in total. The molecule has 1 aliphatic carbocycles. The van der Waals surface area contributed by atoms with Gasteiger partial charge in [-0.3, -0.25) is 0 Å². The number of rotatable bonds is 2. The van der Waals surface area contributed by atoms with Gasteiger partial charge in [-0.25, -0.2) is 9.98 Å². The molecule has 0 heterocycles. The van der Waals surface area contributed by atoms with E-state index in [-0.39, 0.29) is 0 Å². The average Bonchev–Trinajstić information content (AvgIpc) is 2.97. The molecule has 28 heavy (non-hydrogen) atoms. The van der Waals surface area contributed by atoms with Crippen LogP contribution in [0.4, 0.5) is 11.4 Å². The van der Waals surface area contributed by atoms with Crippen LogP contribution in [-0.2, 0) is 0 Å². The first-order valence-corrected chi connectivity index (χ1v) is 9.53. The minimum atomic E-state index is 0.943. The second-order valence-electron chi connectivity index (χ2n) is 7.31. The molecular weight excluding hydrogens is 340 g/mol. The number of aliphatic imine (C=N–C) groups is 2. The van der Waals surface area contributed by atoms with Crippen LogP contribution in [0.3, 0.4) is 0 Å². The summed E-state index contributed by atoms with van der Waals surface area (Å²) in [6.07, 6.45) is 0. The Kier molecular flexibility index (Phi) is 3.91. The Morgan fingerprint density at radius 1 is 0.536 bits per heavy atom. The second kappa shape index (κ2) is 6.58. The van der Waals surface area contributed by atoms with Crippen molar-refractivity contribution in [1.82, 2.24) is 0 Å². The standard InChI is InChI=1S/C26H20N2/c1-17-7-3-11-20(15-17)27-25-22-13-5-9-19-10-6-14-23(24(19)22)26(25)28-21-12-4-8-18(2)16-21/h3-16H,1-2H3. The van der Waals surface area contributed by atoms with Gasteiger partial charge in [0.1, 0.15) is 0 Å². The van der Waals surface area contributed by atoms with Crippen molar-refractivity contribution in [2.45, 2.75) is 13.8 Å². The molecule has 5 rings (SSSR count). The SMILES string of the molecule is Cc1cccc(N=C2C(=Nc3cccc(C)c3)c3cccc4cccc2c34)c1. The molecule has 0 aromatic heterocycles. The molecule has 2 heteroatoms. The highest BCUT2D eigenvalue weighted by Gasteiger charge is 2.27. The fourth-order valence-electron chi connectivity index (χ4n) is 3.87. The third-order valence-electron chi connectivity index (χ3n) is 5.12. The Bertz CT molecular complexity index is 1180. The van der Waals surface area contributed by atoms with Crippen molar-refractivity contribution in [3.05, 3.63) is 107 Å². The summed E-state index contributed by atoms with van der Waals surface area (Å²) < 4.78 is 0. The van der Waals surface area contributed by atoms with Crippen molar-refractivity contribution in [3.63, 3.8) is 0 Å². The van der Waals surface area contributed by atoms with Gasteiger partial charge in [0.25, 0.3) is 0 Å². The van der Waals surface area contributed by atoms with Crippen molar-refractivity contribution in [3.8, 4) is 0 Å². The normalized spacial score (nSPS) is 15.6. The van der Waals surface area contributed by atoms with E-state index in [9.17, 15) is 0 Å². The molecule has 0 saturated heterocycles. The van der Waals surface area contributed by atoms with Crippen molar-refractivity contribution >= 4 is 33.6 Å². The number of aryl methyl sites for hydroxylation is 2. The van der Waals surface area contributed by atoms with Crippen LogP contribution in [0, 0.1) is 13.8 Å². The molecule has 0 spiro atoms. The first kappa shape index (κ1) is 16.6. The van der Waals surface area contributed by atoms with Gasteiger partial charge in [-0.2, -0.15) is 0 Å². The van der Waals surface area contributed by atoms with Gasteiger partial charge >= 0.3 is 0 Å². The first-order chi connectivity index (χ1) is 13.7. The van der Waals surface area contributed by atoms with Gasteiger partial charge in [0.2, 0.25) is 0 Å². The summed E-state index contributed by atoms with van der Waals surface area (Å²) in [4.78, 5) is 10.1. The van der Waals surface area contributed by atoms with E-state index in [1.807, 2.05) is 12.1 Å². The van der Waals surface area contributed by atoms with Crippen LogP contribution in [0.1, 0.15) is 22.3 Å². The molecule has 0 amide bonds. The summed E-state index contributed by atoms with van der Waals surface area (Å²) in [6.45, 7) is 4.19. The second-order valence-corrected chi connectivity index (χ2v) is 7.31. The van der Waals surface area contributed by atoms with E-state index in [0.717, 1.165) is 33.9 Å². The number of hydrogen-bond acceptors (Lipinski definition) is 2. The Hall–Kier alpha value is -3.52. The van der Waals surface area contributed by atoms with Gasteiger partial charge in [0.15, 0.2) is 0 Å². The molecule has 0 saturated carbocycles. The molecule has 0 aliphatic heterocycles. The zero-order valence-electron chi connectivity index (χ0n) is 16.0. The van der Waals surface area contributed by atoms with Crippen molar-refractivity contribution in [1.29, 1.82) is 0 Å². The lowest BCUT2D eigenvalue weighted by Crippen LogP contribution is -2.10. The summed E-state index contributed by atoms with van der Waals surface area (Å²) >= 11 is 0. The highest BCUT2D eigenvalue weighted by Crippen LogP contribution is 2.34. The zero-order chi connectivity index (χ0) is 19.1. The largest absolute Gasteiger partial charge is 0.246 e. The van der Waals surface area contributed by atoms with Gasteiger partial charge < -0.3 is 0 Å². The lowest BCUT2D eigenvalue weighted by Gasteiger charge is -2.05. The average molecular weight is 360 g/mol. The molecule has 1 aliphatic rings. The smallest absolute Gasteiger partial charge is 0.0978 e. The van der Waals surface area contributed by atoms with Crippen molar-refractivity contribution in [2.24, 2.45) is 9.98 Å². The summed E-state index contributed by atoms with van der Waals surface area (Å²) in [7, 11) is 0. The molecule has 134 valence electrons. The zero-order valence-corrected chi connectivity index (χ0v) is 16.0. The molecule has 0 atom stereocenters. The minimum absolute atomic E-state index is 0.943. The van der Waals surface area contributed by atoms with Crippen LogP contribution >= 0.6 is 0 Å². The lowest BCUT2D eigenvalue weighted by molar-refractivity contribution is 1.42. The quantitative estimate of drug-likeness (QED) is 0.379. The maximum absolute atomic E-state index is 5.04. The maximum atomic E-state index is 5.04. The van der Waals surface area contributed by atoms with Gasteiger partial charge in [-0.15, -0.1) is 0 Å². The minimum Gasteiger partial charge on any atom is -0.246 e. The Morgan fingerprint density at radius 2 is 1.00 bits per heavy atom. The van der Waals surface area contributed by atoms with Gasteiger partial charge in [0.05, 0.1) is 22.8 Å². The highest BCUT2D eigenvalue weighted by molar-refractivity contribution is 6.61. The molecule has 4 aromatic carbocycles. The Labute approximate surface area is 164 Å². The Balaban J connectivity index is 1.79. The number of hydrogen-bond donors (Lipinski definition) is 0. The van der Waals surface area contributed by atoms with Crippen molar-refractivity contribution in [2.75, 3.05) is 0 Å². The first-order valence-electron chi connectivity index (χ1n) is 9.53. The van der Waals surface area contributed by atoms with E-state index in [1.165, 1.54) is 21.9 Å². The van der Waals surface area contributed by atoms with Gasteiger partial charge in [-0.1, -0.05) is 60.7 Å². The van der Waals surface area contributed by atoms with E-state index >= 15 is 0 Å². The third kappa shape index (κ3) is 2.84. The molecule has 0 bridgehead atoms. The Morgan fingerprint density at radius 3 is 1.46 bits per heavy atom. The predicted molar refractivity (Wildman–Crippen MR) is 119 cm³/mol. The molecule has 0 fully saturated rings. The fraction of sp³-hybridized carbons (Fsp3) is 0.0769.